The van der Waals surface area contributed by atoms with Crippen molar-refractivity contribution in [3.05, 3.63) is 35.9 Å². The summed E-state index contributed by atoms with van der Waals surface area (Å²) in [5.41, 5.74) is -5.78. The predicted octanol–water partition coefficient (Wildman–Crippen LogP) is 2.85. The van der Waals surface area contributed by atoms with Gasteiger partial charge in [-0.15, -0.1) is 0 Å². The molecule has 2 atom stereocenters. The van der Waals surface area contributed by atoms with Crippen LogP contribution < -0.4 is 5.32 Å². The van der Waals surface area contributed by atoms with Crippen LogP contribution >= 0.6 is 0 Å². The second-order valence-corrected chi connectivity index (χ2v) is 12.7. The molecule has 2 unspecified atom stereocenters. The number of carbonyl (C=O) groups is 2. The molecule has 2 aliphatic carbocycles. The van der Waals surface area contributed by atoms with Crippen LogP contribution in [0.1, 0.15) is 43.5 Å². The Morgan fingerprint density at radius 3 is 2.27 bits per heavy atom. The molecule has 10 nitrogen and oxygen atoms in total. The Hall–Kier alpha value is -3.68. The number of nitriles is 1. The number of hydrogen-bond donors (Lipinski definition) is 1. The zero-order valence-electron chi connectivity index (χ0n) is 21.3. The average molecular weight is 605 g/mol. The topological polar surface area (TPSA) is 138 Å². The Morgan fingerprint density at radius 2 is 1.78 bits per heavy atom. The maximum atomic E-state index is 14.1. The molecule has 2 saturated carbocycles. The minimum Gasteiger partial charge on any atom is -0.336 e. The first-order valence-corrected chi connectivity index (χ1v) is 13.9. The zero-order chi connectivity index (χ0) is 30.2. The number of halogens is 6. The van der Waals surface area contributed by atoms with Crippen molar-refractivity contribution in [2.24, 2.45) is 5.41 Å². The van der Waals surface area contributed by atoms with Gasteiger partial charge >= 0.3 is 12.4 Å². The molecule has 2 amide bonds. The van der Waals surface area contributed by atoms with E-state index in [0.29, 0.717) is 17.0 Å². The number of likely N-dealkylation sites (tertiary alicyclic amines) is 1. The quantitative estimate of drug-likeness (QED) is 0.501. The van der Waals surface area contributed by atoms with Crippen molar-refractivity contribution >= 4 is 21.7 Å². The van der Waals surface area contributed by atoms with E-state index < -0.39 is 92.5 Å². The van der Waals surface area contributed by atoms with Gasteiger partial charge in [-0.2, -0.15) is 36.7 Å². The molecule has 2 aromatic rings. The lowest BCUT2D eigenvalue weighted by Crippen LogP contribution is -2.53. The fourth-order valence-electron chi connectivity index (χ4n) is 5.07. The average Bonchev–Trinajstić information content (AvgIpc) is 3.77. The van der Waals surface area contributed by atoms with Gasteiger partial charge in [-0.1, -0.05) is 0 Å². The second kappa shape index (κ2) is 9.16. The molecule has 1 N–H and O–H groups in total. The molecule has 1 aliphatic heterocycles. The van der Waals surface area contributed by atoms with Crippen molar-refractivity contribution in [3.63, 3.8) is 0 Å². The van der Waals surface area contributed by atoms with Crippen molar-refractivity contribution in [3.8, 4) is 11.8 Å². The first kappa shape index (κ1) is 28.8. The highest BCUT2D eigenvalue weighted by Gasteiger charge is 2.70. The Morgan fingerprint density at radius 1 is 1.12 bits per heavy atom. The molecule has 5 rings (SSSR count). The highest BCUT2D eigenvalue weighted by molar-refractivity contribution is 7.92. The molecule has 41 heavy (non-hydrogen) atoms. The molecule has 3 aliphatic rings. The molecule has 0 bridgehead atoms. The van der Waals surface area contributed by atoms with Crippen LogP contribution in [0.2, 0.25) is 0 Å². The Bertz CT molecular complexity index is 1570. The van der Waals surface area contributed by atoms with Crippen LogP contribution in [0.5, 0.6) is 0 Å². The SMILES string of the molecule is Cc1ncnn1-c1ccc(S(=O)(=O)C2CC(C(=O)NC3(C#N)CC3)N(C(=O)C3(C(F)(F)F)CC3)C2)c(C(F)(F)F)c1. The number of sulfone groups is 1. The van der Waals surface area contributed by atoms with Crippen molar-refractivity contribution in [1.29, 1.82) is 5.26 Å². The highest BCUT2D eigenvalue weighted by atomic mass is 32.2. The van der Waals surface area contributed by atoms with Crippen molar-refractivity contribution in [1.82, 2.24) is 25.0 Å². The fraction of sp³-hybridized carbons (Fsp3) is 0.542. The summed E-state index contributed by atoms with van der Waals surface area (Å²) in [7, 11) is -4.96. The first-order valence-electron chi connectivity index (χ1n) is 12.4. The number of alkyl halides is 6. The van der Waals surface area contributed by atoms with Gasteiger partial charge in [0, 0.05) is 6.54 Å². The molecule has 17 heteroatoms. The van der Waals surface area contributed by atoms with Crippen LogP contribution in [-0.4, -0.2) is 69.4 Å². The molecule has 1 aromatic carbocycles. The van der Waals surface area contributed by atoms with Crippen LogP contribution in [0.4, 0.5) is 26.3 Å². The van der Waals surface area contributed by atoms with Crippen molar-refractivity contribution in [2.75, 3.05) is 6.54 Å². The summed E-state index contributed by atoms with van der Waals surface area (Å²) >= 11 is 0. The molecule has 220 valence electrons. The molecule has 1 aromatic heterocycles. The number of rotatable bonds is 6. The standard InChI is InChI=1S/C24H22F6N6O4S/c1-13-32-12-33-36(13)14-2-3-18(16(8-14)23(25,26)27)41(39,40)15-9-17(19(37)34-21(11-31)4-5-21)35(10-15)20(38)22(6-7-22)24(28,29)30/h2-3,8,12,15,17H,4-7,9-10H2,1H3,(H,34,37). The van der Waals surface area contributed by atoms with Crippen molar-refractivity contribution in [2.45, 2.75) is 73.1 Å². The van der Waals surface area contributed by atoms with E-state index in [2.05, 4.69) is 15.4 Å². The van der Waals surface area contributed by atoms with Gasteiger partial charge < -0.3 is 10.2 Å². The third-order valence-corrected chi connectivity index (χ3v) is 10.0. The number of hydrogen-bond acceptors (Lipinski definition) is 7. The normalized spacial score (nSPS) is 23.1. The van der Waals surface area contributed by atoms with E-state index in [1.165, 1.54) is 6.92 Å². The van der Waals surface area contributed by atoms with Gasteiger partial charge in [0.2, 0.25) is 11.8 Å². The summed E-state index contributed by atoms with van der Waals surface area (Å²) in [5, 5.41) is 13.7. The van der Waals surface area contributed by atoms with E-state index >= 15 is 0 Å². The van der Waals surface area contributed by atoms with Gasteiger partial charge in [0.25, 0.3) is 0 Å². The molecule has 3 fully saturated rings. The summed E-state index contributed by atoms with van der Waals surface area (Å²) in [6, 6.07) is 2.46. The molecular formula is C24H22F6N6O4S. The van der Waals surface area contributed by atoms with E-state index in [-0.39, 0.29) is 24.4 Å². The smallest absolute Gasteiger partial charge is 0.336 e. The van der Waals surface area contributed by atoms with Gasteiger partial charge in [-0.3, -0.25) is 9.59 Å². The lowest BCUT2D eigenvalue weighted by molar-refractivity contribution is -0.199. The highest BCUT2D eigenvalue weighted by Crippen LogP contribution is 2.59. The Labute approximate surface area is 229 Å². The minimum absolute atomic E-state index is 0.140. The summed E-state index contributed by atoms with van der Waals surface area (Å²) in [6.07, 6.45) is -10.5. The number of amides is 2. The van der Waals surface area contributed by atoms with E-state index in [1.54, 1.807) is 0 Å². The number of carbonyl (C=O) groups excluding carboxylic acids is 2. The second-order valence-electron chi connectivity index (χ2n) is 10.5. The number of aromatic nitrogens is 3. The maximum absolute atomic E-state index is 14.1. The molecule has 0 spiro atoms. The van der Waals surface area contributed by atoms with Crippen LogP contribution in [0.15, 0.2) is 29.4 Å². The maximum Gasteiger partial charge on any atom is 0.417 e. The van der Waals surface area contributed by atoms with Gasteiger partial charge in [0.1, 0.15) is 29.1 Å². The van der Waals surface area contributed by atoms with Crippen molar-refractivity contribution < 1.29 is 44.3 Å². The number of benzene rings is 1. The van der Waals surface area contributed by atoms with E-state index in [1.807, 2.05) is 6.07 Å². The van der Waals surface area contributed by atoms with Crippen LogP contribution in [0, 0.1) is 23.7 Å². The number of aryl methyl sites for hydroxylation is 1. The van der Waals surface area contributed by atoms with Gasteiger partial charge in [0.05, 0.1) is 27.5 Å². The van der Waals surface area contributed by atoms with Gasteiger partial charge in [-0.05, 0) is 57.2 Å². The van der Waals surface area contributed by atoms with Gasteiger partial charge in [-0.25, -0.2) is 18.1 Å². The summed E-state index contributed by atoms with van der Waals surface area (Å²) < 4.78 is 112. The summed E-state index contributed by atoms with van der Waals surface area (Å²) in [6.45, 7) is 0.532. The van der Waals surface area contributed by atoms with E-state index in [4.69, 9.17) is 0 Å². The van der Waals surface area contributed by atoms with Crippen LogP contribution in [-0.2, 0) is 25.6 Å². The summed E-state index contributed by atoms with van der Waals surface area (Å²) in [4.78, 5) is 29.4. The van der Waals surface area contributed by atoms with E-state index in [9.17, 15) is 49.6 Å². The Kier molecular flexibility index (Phi) is 6.44. The van der Waals surface area contributed by atoms with Crippen LogP contribution in [0.3, 0.4) is 0 Å². The number of nitrogens with zero attached hydrogens (tertiary/aromatic N) is 5. The lowest BCUT2D eigenvalue weighted by Gasteiger charge is -2.29. The van der Waals surface area contributed by atoms with Crippen LogP contribution in [0.25, 0.3) is 5.69 Å². The third-order valence-electron chi connectivity index (χ3n) is 7.83. The molecule has 2 heterocycles. The van der Waals surface area contributed by atoms with E-state index in [0.717, 1.165) is 17.1 Å². The monoisotopic (exact) mass is 604 g/mol. The predicted molar refractivity (Wildman–Crippen MR) is 126 cm³/mol. The molecule has 0 radical (unpaired) electrons. The van der Waals surface area contributed by atoms with Gasteiger partial charge in [0.15, 0.2) is 9.84 Å². The number of nitrogens with one attached hydrogen (secondary N) is 1. The molecular weight excluding hydrogens is 582 g/mol. The zero-order valence-corrected chi connectivity index (χ0v) is 22.1. The summed E-state index contributed by atoms with van der Waals surface area (Å²) in [5.74, 6) is -2.34. The minimum atomic E-state index is -5.17. The Balaban J connectivity index is 1.53. The molecule has 1 saturated heterocycles. The first-order chi connectivity index (χ1) is 19.0. The third kappa shape index (κ3) is 4.81. The lowest BCUT2D eigenvalue weighted by atomic mass is 10.0. The largest absolute Gasteiger partial charge is 0.417 e. The fourth-order valence-corrected chi connectivity index (χ4v) is 6.96.